The third-order valence-electron chi connectivity index (χ3n) is 2.19. The van der Waals surface area contributed by atoms with Crippen LogP contribution in [0.3, 0.4) is 0 Å². The largest absolute Gasteiger partial charge is 0.492 e. The summed E-state index contributed by atoms with van der Waals surface area (Å²) in [7, 11) is 0. The van der Waals surface area contributed by atoms with Gasteiger partial charge in [-0.2, -0.15) is 0 Å². The molecule has 0 aliphatic carbocycles. The normalized spacial score (nSPS) is 11.9. The number of primary amides is 1. The first-order valence-electron chi connectivity index (χ1n) is 5.60. The van der Waals surface area contributed by atoms with E-state index in [2.05, 4.69) is 0 Å². The zero-order valence-corrected chi connectivity index (χ0v) is 10.2. The number of ether oxygens (including phenoxy) is 1. The number of para-hydroxylation sites is 2. The first-order chi connectivity index (χ1) is 8.06. The molecule has 1 aromatic carbocycles. The van der Waals surface area contributed by atoms with Gasteiger partial charge in [-0.3, -0.25) is 4.90 Å². The second-order valence-electron chi connectivity index (χ2n) is 3.83. The summed E-state index contributed by atoms with van der Waals surface area (Å²) in [6.07, 6.45) is 0. The molecule has 4 N–H and O–H groups in total. The molecule has 17 heavy (non-hydrogen) atoms. The summed E-state index contributed by atoms with van der Waals surface area (Å²) in [4.78, 5) is 12.9. The molecule has 0 aliphatic heterocycles. The van der Waals surface area contributed by atoms with Gasteiger partial charge in [0.25, 0.3) is 0 Å². The predicted molar refractivity (Wildman–Crippen MR) is 68.2 cm³/mol. The number of carbonyl (C=O) groups is 1. The maximum atomic E-state index is 11.4. The van der Waals surface area contributed by atoms with Crippen LogP contribution >= 0.6 is 0 Å². The SMILES string of the molecule is CCOc1ccccc1N(CC(C)N)C(N)=O. The van der Waals surface area contributed by atoms with Crippen molar-refractivity contribution < 1.29 is 9.53 Å². The number of amides is 2. The minimum Gasteiger partial charge on any atom is -0.492 e. The monoisotopic (exact) mass is 237 g/mol. The Hall–Kier alpha value is -1.75. The Morgan fingerprint density at radius 1 is 1.47 bits per heavy atom. The second kappa shape index (κ2) is 6.10. The third kappa shape index (κ3) is 3.64. The number of anilines is 1. The molecular formula is C12H19N3O2. The van der Waals surface area contributed by atoms with Crippen molar-refractivity contribution in [2.75, 3.05) is 18.1 Å². The summed E-state index contributed by atoms with van der Waals surface area (Å²) in [6.45, 7) is 4.59. The number of nitrogens with zero attached hydrogens (tertiary/aromatic N) is 1. The number of rotatable bonds is 5. The van der Waals surface area contributed by atoms with Gasteiger partial charge >= 0.3 is 6.03 Å². The lowest BCUT2D eigenvalue weighted by molar-refractivity contribution is 0.253. The smallest absolute Gasteiger partial charge is 0.319 e. The molecule has 1 atom stereocenters. The molecule has 94 valence electrons. The molecular weight excluding hydrogens is 218 g/mol. The van der Waals surface area contributed by atoms with Crippen molar-refractivity contribution in [3.8, 4) is 5.75 Å². The van der Waals surface area contributed by atoms with Crippen LogP contribution in [-0.4, -0.2) is 25.2 Å². The van der Waals surface area contributed by atoms with Crippen LogP contribution < -0.4 is 21.1 Å². The Balaban J connectivity index is 3.04. The molecule has 0 spiro atoms. The van der Waals surface area contributed by atoms with Gasteiger partial charge in [-0.15, -0.1) is 0 Å². The van der Waals surface area contributed by atoms with Gasteiger partial charge in [0.05, 0.1) is 12.3 Å². The summed E-state index contributed by atoms with van der Waals surface area (Å²) in [6, 6.07) is 6.58. The fraction of sp³-hybridized carbons (Fsp3) is 0.417. The van der Waals surface area contributed by atoms with Crippen molar-refractivity contribution in [1.29, 1.82) is 0 Å². The minimum absolute atomic E-state index is 0.155. The second-order valence-corrected chi connectivity index (χ2v) is 3.83. The molecule has 1 unspecified atom stereocenters. The molecule has 2 amide bonds. The molecule has 0 aromatic heterocycles. The molecule has 0 radical (unpaired) electrons. The first kappa shape index (κ1) is 13.3. The van der Waals surface area contributed by atoms with Gasteiger partial charge in [-0.05, 0) is 26.0 Å². The van der Waals surface area contributed by atoms with E-state index in [-0.39, 0.29) is 6.04 Å². The highest BCUT2D eigenvalue weighted by Gasteiger charge is 2.17. The Bertz CT molecular complexity index is 380. The van der Waals surface area contributed by atoms with E-state index in [1.165, 1.54) is 4.90 Å². The number of hydrogen-bond acceptors (Lipinski definition) is 3. The molecule has 0 bridgehead atoms. The highest BCUT2D eigenvalue weighted by molar-refractivity contribution is 5.92. The summed E-state index contributed by atoms with van der Waals surface area (Å²) < 4.78 is 5.46. The average molecular weight is 237 g/mol. The number of nitrogens with two attached hydrogens (primary N) is 2. The van der Waals surface area contributed by atoms with Gasteiger partial charge in [0.15, 0.2) is 0 Å². The van der Waals surface area contributed by atoms with Gasteiger partial charge in [-0.1, -0.05) is 12.1 Å². The first-order valence-corrected chi connectivity index (χ1v) is 5.60. The van der Waals surface area contributed by atoms with Crippen LogP contribution in [0, 0.1) is 0 Å². The van der Waals surface area contributed by atoms with E-state index in [0.717, 1.165) is 0 Å². The van der Waals surface area contributed by atoms with Gasteiger partial charge < -0.3 is 16.2 Å². The van der Waals surface area contributed by atoms with Crippen LogP contribution in [0.1, 0.15) is 13.8 Å². The molecule has 0 fully saturated rings. The van der Waals surface area contributed by atoms with Gasteiger partial charge in [-0.25, -0.2) is 4.79 Å². The lowest BCUT2D eigenvalue weighted by Gasteiger charge is -2.24. The highest BCUT2D eigenvalue weighted by atomic mass is 16.5. The van der Waals surface area contributed by atoms with Crippen molar-refractivity contribution >= 4 is 11.7 Å². The Morgan fingerprint density at radius 3 is 2.65 bits per heavy atom. The number of carbonyl (C=O) groups excluding carboxylic acids is 1. The van der Waals surface area contributed by atoms with Gasteiger partial charge in [0, 0.05) is 12.6 Å². The van der Waals surface area contributed by atoms with Crippen molar-refractivity contribution in [3.63, 3.8) is 0 Å². The summed E-state index contributed by atoms with van der Waals surface area (Å²) in [5.74, 6) is 0.634. The van der Waals surface area contributed by atoms with E-state index < -0.39 is 6.03 Å². The molecule has 0 aliphatic rings. The predicted octanol–water partition coefficient (Wildman–Crippen LogP) is 1.32. The maximum Gasteiger partial charge on any atom is 0.319 e. The fourth-order valence-corrected chi connectivity index (χ4v) is 1.55. The van der Waals surface area contributed by atoms with Crippen molar-refractivity contribution in [2.45, 2.75) is 19.9 Å². The zero-order chi connectivity index (χ0) is 12.8. The van der Waals surface area contributed by atoms with E-state index in [9.17, 15) is 4.79 Å². The standard InChI is InChI=1S/C12H19N3O2/c1-3-17-11-7-5-4-6-10(11)15(12(14)16)8-9(2)13/h4-7,9H,3,8,13H2,1-2H3,(H2,14,16). The van der Waals surface area contributed by atoms with E-state index in [4.69, 9.17) is 16.2 Å². The Kier molecular flexibility index (Phi) is 4.78. The lowest BCUT2D eigenvalue weighted by Crippen LogP contribution is -2.43. The lowest BCUT2D eigenvalue weighted by atomic mass is 10.2. The van der Waals surface area contributed by atoms with E-state index in [1.54, 1.807) is 12.1 Å². The van der Waals surface area contributed by atoms with Crippen LogP contribution in [0.5, 0.6) is 5.75 Å². The summed E-state index contributed by atoms with van der Waals surface area (Å²) in [5.41, 5.74) is 11.7. The summed E-state index contributed by atoms with van der Waals surface area (Å²) >= 11 is 0. The number of urea groups is 1. The Morgan fingerprint density at radius 2 is 2.12 bits per heavy atom. The van der Waals surface area contributed by atoms with Crippen LogP contribution in [0.2, 0.25) is 0 Å². The molecule has 0 heterocycles. The zero-order valence-electron chi connectivity index (χ0n) is 10.2. The van der Waals surface area contributed by atoms with Crippen LogP contribution in [-0.2, 0) is 0 Å². The quantitative estimate of drug-likeness (QED) is 0.810. The van der Waals surface area contributed by atoms with Crippen molar-refractivity contribution in [1.82, 2.24) is 0 Å². The molecule has 1 rings (SSSR count). The van der Waals surface area contributed by atoms with Crippen LogP contribution in [0.4, 0.5) is 10.5 Å². The number of benzene rings is 1. The molecule has 1 aromatic rings. The molecule has 0 saturated carbocycles. The van der Waals surface area contributed by atoms with E-state index in [0.29, 0.717) is 24.6 Å². The third-order valence-corrected chi connectivity index (χ3v) is 2.19. The van der Waals surface area contributed by atoms with Gasteiger partial charge in [0.2, 0.25) is 0 Å². The van der Waals surface area contributed by atoms with E-state index >= 15 is 0 Å². The van der Waals surface area contributed by atoms with Crippen LogP contribution in [0.25, 0.3) is 0 Å². The summed E-state index contributed by atoms with van der Waals surface area (Å²) in [5, 5.41) is 0. The number of hydrogen-bond donors (Lipinski definition) is 2. The van der Waals surface area contributed by atoms with Gasteiger partial charge in [0.1, 0.15) is 5.75 Å². The molecule has 5 heteroatoms. The highest BCUT2D eigenvalue weighted by Crippen LogP contribution is 2.27. The minimum atomic E-state index is -0.533. The topological polar surface area (TPSA) is 81.6 Å². The molecule has 0 saturated heterocycles. The van der Waals surface area contributed by atoms with E-state index in [1.807, 2.05) is 26.0 Å². The van der Waals surface area contributed by atoms with Crippen molar-refractivity contribution in [2.24, 2.45) is 11.5 Å². The Labute approximate surface area is 101 Å². The fourth-order valence-electron chi connectivity index (χ4n) is 1.55. The molecule has 5 nitrogen and oxygen atoms in total. The average Bonchev–Trinajstić information content (AvgIpc) is 2.27. The maximum absolute atomic E-state index is 11.4. The van der Waals surface area contributed by atoms with Crippen LogP contribution in [0.15, 0.2) is 24.3 Å². The van der Waals surface area contributed by atoms with Crippen molar-refractivity contribution in [3.05, 3.63) is 24.3 Å².